The molecule has 0 saturated heterocycles. The van der Waals surface area contributed by atoms with Crippen LogP contribution in [0.4, 0.5) is 5.82 Å². The second-order valence-corrected chi connectivity index (χ2v) is 4.28. The molecule has 2 rings (SSSR count). The first kappa shape index (κ1) is 11.6. The lowest BCUT2D eigenvalue weighted by Gasteiger charge is -2.19. The van der Waals surface area contributed by atoms with Crippen LogP contribution in [0.15, 0.2) is 18.3 Å². The van der Waals surface area contributed by atoms with Gasteiger partial charge in [-0.2, -0.15) is 0 Å². The first-order chi connectivity index (χ1) is 8.08. The van der Waals surface area contributed by atoms with Gasteiger partial charge in [-0.1, -0.05) is 0 Å². The van der Waals surface area contributed by atoms with Crippen LogP contribution >= 0.6 is 0 Å². The third kappa shape index (κ3) is 2.81. The van der Waals surface area contributed by atoms with Crippen LogP contribution in [0.1, 0.15) is 30.1 Å². The molecule has 1 amide bonds. The van der Waals surface area contributed by atoms with Crippen molar-refractivity contribution in [2.24, 2.45) is 5.92 Å². The number of amides is 1. The molecular weight excluding hydrogens is 220 g/mol. The molecule has 1 aromatic rings. The number of hydrogen-bond donors (Lipinski definition) is 1. The van der Waals surface area contributed by atoms with Gasteiger partial charge in [-0.25, -0.2) is 9.78 Å². The molecule has 1 aromatic heterocycles. The molecule has 1 heterocycles. The van der Waals surface area contributed by atoms with E-state index in [4.69, 9.17) is 5.11 Å². The van der Waals surface area contributed by atoms with Crippen molar-refractivity contribution in [2.45, 2.75) is 19.8 Å². The lowest BCUT2D eigenvalue weighted by Crippen LogP contribution is -2.31. The van der Waals surface area contributed by atoms with Crippen LogP contribution in [0.5, 0.6) is 0 Å². The number of aromatic nitrogens is 1. The molecule has 0 aliphatic heterocycles. The summed E-state index contributed by atoms with van der Waals surface area (Å²) in [4.78, 5) is 27.8. The number of anilines is 1. The van der Waals surface area contributed by atoms with Gasteiger partial charge < -0.3 is 5.11 Å². The van der Waals surface area contributed by atoms with Crippen LogP contribution in [0.2, 0.25) is 0 Å². The molecule has 17 heavy (non-hydrogen) atoms. The van der Waals surface area contributed by atoms with Gasteiger partial charge in [0.15, 0.2) is 0 Å². The SMILES string of the molecule is CC(=O)N(CC1CC1)c1ccc(C(=O)O)cn1. The number of carboxylic acids is 1. The third-order valence-corrected chi connectivity index (χ3v) is 2.79. The van der Waals surface area contributed by atoms with Crippen LogP contribution in [0, 0.1) is 5.92 Å². The normalized spacial score (nSPS) is 14.4. The predicted octanol–water partition coefficient (Wildman–Crippen LogP) is 1.54. The van der Waals surface area contributed by atoms with Gasteiger partial charge >= 0.3 is 5.97 Å². The molecule has 0 atom stereocenters. The van der Waals surface area contributed by atoms with Gasteiger partial charge in [0.25, 0.3) is 0 Å². The molecule has 1 aliphatic carbocycles. The van der Waals surface area contributed by atoms with E-state index >= 15 is 0 Å². The number of carbonyl (C=O) groups excluding carboxylic acids is 1. The van der Waals surface area contributed by atoms with Crippen molar-refractivity contribution in [3.05, 3.63) is 23.9 Å². The number of carbonyl (C=O) groups is 2. The summed E-state index contributed by atoms with van der Waals surface area (Å²) in [6.45, 7) is 2.17. The Kier molecular flexibility index (Phi) is 3.08. The van der Waals surface area contributed by atoms with E-state index in [2.05, 4.69) is 4.98 Å². The summed E-state index contributed by atoms with van der Waals surface area (Å²) in [6.07, 6.45) is 3.58. The van der Waals surface area contributed by atoms with E-state index in [-0.39, 0.29) is 11.5 Å². The monoisotopic (exact) mass is 234 g/mol. The van der Waals surface area contributed by atoms with E-state index in [1.165, 1.54) is 19.2 Å². The predicted molar refractivity (Wildman–Crippen MR) is 61.9 cm³/mol. The Morgan fingerprint density at radius 3 is 2.59 bits per heavy atom. The van der Waals surface area contributed by atoms with Crippen LogP contribution in [-0.2, 0) is 4.79 Å². The quantitative estimate of drug-likeness (QED) is 0.857. The molecule has 5 heteroatoms. The number of nitrogens with zero attached hydrogens (tertiary/aromatic N) is 2. The highest BCUT2D eigenvalue weighted by molar-refractivity contribution is 5.91. The highest BCUT2D eigenvalue weighted by Gasteiger charge is 2.26. The zero-order chi connectivity index (χ0) is 12.4. The summed E-state index contributed by atoms with van der Waals surface area (Å²) in [5.74, 6) is 0.0161. The molecule has 1 saturated carbocycles. The maximum absolute atomic E-state index is 11.5. The summed E-state index contributed by atoms with van der Waals surface area (Å²) < 4.78 is 0. The van der Waals surface area contributed by atoms with Crippen molar-refractivity contribution in [2.75, 3.05) is 11.4 Å². The zero-order valence-electron chi connectivity index (χ0n) is 9.59. The van der Waals surface area contributed by atoms with E-state index in [1.807, 2.05) is 0 Å². The number of carboxylic acid groups (broad SMARTS) is 1. The largest absolute Gasteiger partial charge is 0.478 e. The van der Waals surface area contributed by atoms with Crippen LogP contribution in [0.3, 0.4) is 0 Å². The maximum atomic E-state index is 11.5. The molecule has 5 nitrogen and oxygen atoms in total. The van der Waals surface area contributed by atoms with Gasteiger partial charge in [0.2, 0.25) is 5.91 Å². The lowest BCUT2D eigenvalue weighted by molar-refractivity contribution is -0.116. The summed E-state index contributed by atoms with van der Waals surface area (Å²) in [5.41, 5.74) is 0.128. The highest BCUT2D eigenvalue weighted by atomic mass is 16.4. The lowest BCUT2D eigenvalue weighted by atomic mass is 10.2. The molecule has 0 aromatic carbocycles. The number of pyridine rings is 1. The van der Waals surface area contributed by atoms with Crippen molar-refractivity contribution in [3.8, 4) is 0 Å². The fourth-order valence-corrected chi connectivity index (χ4v) is 1.61. The van der Waals surface area contributed by atoms with Gasteiger partial charge in [-0.05, 0) is 30.9 Å². The molecular formula is C12H14N2O3. The van der Waals surface area contributed by atoms with Gasteiger partial charge in [-0.3, -0.25) is 9.69 Å². The van der Waals surface area contributed by atoms with Gasteiger partial charge in [-0.15, -0.1) is 0 Å². The van der Waals surface area contributed by atoms with Crippen molar-refractivity contribution < 1.29 is 14.7 Å². The van der Waals surface area contributed by atoms with Crippen LogP contribution in [0.25, 0.3) is 0 Å². The first-order valence-electron chi connectivity index (χ1n) is 5.55. The Balaban J connectivity index is 2.17. The van der Waals surface area contributed by atoms with Crippen molar-refractivity contribution in [1.82, 2.24) is 4.98 Å². The third-order valence-electron chi connectivity index (χ3n) is 2.79. The fraction of sp³-hybridized carbons (Fsp3) is 0.417. The second kappa shape index (κ2) is 4.53. The summed E-state index contributed by atoms with van der Waals surface area (Å²) >= 11 is 0. The van der Waals surface area contributed by atoms with Crippen molar-refractivity contribution in [3.63, 3.8) is 0 Å². The molecule has 0 unspecified atom stereocenters. The fourth-order valence-electron chi connectivity index (χ4n) is 1.61. The van der Waals surface area contributed by atoms with E-state index in [1.54, 1.807) is 11.0 Å². The average Bonchev–Trinajstić information content (AvgIpc) is 3.09. The minimum atomic E-state index is -1.01. The Morgan fingerprint density at radius 2 is 2.18 bits per heavy atom. The van der Waals surface area contributed by atoms with Gasteiger partial charge in [0.05, 0.1) is 5.56 Å². The van der Waals surface area contributed by atoms with Crippen LogP contribution < -0.4 is 4.90 Å². The Labute approximate surface area is 99.1 Å². The number of hydrogen-bond acceptors (Lipinski definition) is 3. The van der Waals surface area contributed by atoms with E-state index in [9.17, 15) is 9.59 Å². The maximum Gasteiger partial charge on any atom is 0.337 e. The number of aromatic carboxylic acids is 1. The molecule has 0 spiro atoms. The highest BCUT2D eigenvalue weighted by Crippen LogP contribution is 2.31. The molecule has 1 N–H and O–H groups in total. The smallest absolute Gasteiger partial charge is 0.337 e. The van der Waals surface area contributed by atoms with Gasteiger partial charge in [0.1, 0.15) is 5.82 Å². The summed E-state index contributed by atoms with van der Waals surface area (Å²) in [6, 6.07) is 3.04. The zero-order valence-corrected chi connectivity index (χ0v) is 9.59. The molecule has 1 aliphatic rings. The Morgan fingerprint density at radius 1 is 1.47 bits per heavy atom. The second-order valence-electron chi connectivity index (χ2n) is 4.28. The summed E-state index contributed by atoms with van der Waals surface area (Å²) in [7, 11) is 0. The van der Waals surface area contributed by atoms with Crippen LogP contribution in [-0.4, -0.2) is 28.5 Å². The molecule has 0 bridgehead atoms. The average molecular weight is 234 g/mol. The topological polar surface area (TPSA) is 70.5 Å². The van der Waals surface area contributed by atoms with E-state index < -0.39 is 5.97 Å². The molecule has 90 valence electrons. The minimum absolute atomic E-state index is 0.0625. The standard InChI is InChI=1S/C12H14N2O3/c1-8(15)14(7-9-2-3-9)11-5-4-10(6-13-11)12(16)17/h4-6,9H,2-3,7H2,1H3,(H,16,17). The van der Waals surface area contributed by atoms with E-state index in [0.29, 0.717) is 18.3 Å². The minimum Gasteiger partial charge on any atom is -0.478 e. The Bertz CT molecular complexity index is 438. The molecule has 0 radical (unpaired) electrons. The number of rotatable bonds is 4. The van der Waals surface area contributed by atoms with Crippen molar-refractivity contribution >= 4 is 17.7 Å². The Hall–Kier alpha value is -1.91. The van der Waals surface area contributed by atoms with Crippen molar-refractivity contribution in [1.29, 1.82) is 0 Å². The van der Waals surface area contributed by atoms with E-state index in [0.717, 1.165) is 12.8 Å². The first-order valence-corrected chi connectivity index (χ1v) is 5.55. The summed E-state index contributed by atoms with van der Waals surface area (Å²) in [5, 5.41) is 8.76. The van der Waals surface area contributed by atoms with Gasteiger partial charge in [0, 0.05) is 19.7 Å². The molecule has 1 fully saturated rings.